The smallest absolute Gasteiger partial charge is 0.168 e. The first-order chi connectivity index (χ1) is 8.58. The molecule has 0 atom stereocenters. The second kappa shape index (κ2) is 5.87. The van der Waals surface area contributed by atoms with Crippen molar-refractivity contribution in [2.24, 2.45) is 0 Å². The number of benzene rings is 2. The number of hydrogen-bond acceptors (Lipinski definition) is 1. The third-order valence-electron chi connectivity index (χ3n) is 2.54. The maximum atomic E-state index is 12.2. The van der Waals surface area contributed by atoms with Crippen LogP contribution in [0, 0.1) is 0 Å². The van der Waals surface area contributed by atoms with Crippen LogP contribution in [0.1, 0.15) is 15.9 Å². The zero-order valence-corrected chi connectivity index (χ0v) is 12.4. The monoisotopic (exact) mass is 342 g/mol. The van der Waals surface area contributed by atoms with Gasteiger partial charge in [0.1, 0.15) is 0 Å². The van der Waals surface area contributed by atoms with Crippen LogP contribution in [0.2, 0.25) is 10.0 Å². The van der Waals surface area contributed by atoms with Crippen LogP contribution < -0.4 is 0 Å². The van der Waals surface area contributed by atoms with Crippen molar-refractivity contribution in [3.63, 3.8) is 0 Å². The summed E-state index contributed by atoms with van der Waals surface area (Å²) < 4.78 is 0.701. The molecule has 2 aromatic rings. The normalized spacial score (nSPS) is 10.4. The standard InChI is InChI=1S/C14H9BrCl2O/c15-12-8-10(16)5-6-11(12)14(18)7-9-3-1-2-4-13(9)17/h1-6,8H,7H2. The first-order valence-electron chi connectivity index (χ1n) is 5.29. The van der Waals surface area contributed by atoms with Crippen molar-refractivity contribution in [3.8, 4) is 0 Å². The van der Waals surface area contributed by atoms with Crippen molar-refractivity contribution >= 4 is 44.9 Å². The molecule has 4 heteroatoms. The molecule has 1 nitrogen and oxygen atoms in total. The number of halogens is 3. The highest BCUT2D eigenvalue weighted by molar-refractivity contribution is 9.10. The summed E-state index contributed by atoms with van der Waals surface area (Å²) >= 11 is 15.2. The molecule has 2 rings (SSSR count). The van der Waals surface area contributed by atoms with E-state index in [1.165, 1.54) is 0 Å². The van der Waals surface area contributed by atoms with E-state index >= 15 is 0 Å². The summed E-state index contributed by atoms with van der Waals surface area (Å²) in [4.78, 5) is 12.2. The van der Waals surface area contributed by atoms with Gasteiger partial charge in [0.05, 0.1) is 0 Å². The van der Waals surface area contributed by atoms with Gasteiger partial charge in [0.15, 0.2) is 5.78 Å². The summed E-state index contributed by atoms with van der Waals surface area (Å²) in [6.07, 6.45) is 0.278. The molecule has 0 radical (unpaired) electrons. The molecule has 18 heavy (non-hydrogen) atoms. The Kier molecular flexibility index (Phi) is 4.44. The van der Waals surface area contributed by atoms with Crippen LogP contribution in [0.25, 0.3) is 0 Å². The third kappa shape index (κ3) is 3.14. The van der Waals surface area contributed by atoms with Gasteiger partial charge < -0.3 is 0 Å². The van der Waals surface area contributed by atoms with E-state index in [2.05, 4.69) is 15.9 Å². The maximum Gasteiger partial charge on any atom is 0.168 e. The van der Waals surface area contributed by atoms with Gasteiger partial charge in [0, 0.05) is 26.5 Å². The van der Waals surface area contributed by atoms with Crippen molar-refractivity contribution in [1.82, 2.24) is 0 Å². The minimum Gasteiger partial charge on any atom is -0.294 e. The van der Waals surface area contributed by atoms with Crippen LogP contribution in [0.5, 0.6) is 0 Å². The molecule has 0 spiro atoms. The largest absolute Gasteiger partial charge is 0.294 e. The highest BCUT2D eigenvalue weighted by Gasteiger charge is 2.12. The van der Waals surface area contributed by atoms with Gasteiger partial charge >= 0.3 is 0 Å². The molecule has 0 aliphatic carbocycles. The molecule has 0 heterocycles. The average molecular weight is 344 g/mol. The molecule has 0 aromatic heterocycles. The molecule has 0 fully saturated rings. The molecule has 0 amide bonds. The quantitative estimate of drug-likeness (QED) is 0.701. The Hall–Kier alpha value is -0.830. The van der Waals surface area contributed by atoms with E-state index in [-0.39, 0.29) is 12.2 Å². The van der Waals surface area contributed by atoms with Crippen LogP contribution in [0.15, 0.2) is 46.9 Å². The van der Waals surface area contributed by atoms with Crippen molar-refractivity contribution in [1.29, 1.82) is 0 Å². The van der Waals surface area contributed by atoms with Crippen molar-refractivity contribution < 1.29 is 4.79 Å². The number of Topliss-reactive ketones (excluding diaryl/α,β-unsaturated/α-hetero) is 1. The van der Waals surface area contributed by atoms with Crippen molar-refractivity contribution in [2.45, 2.75) is 6.42 Å². The van der Waals surface area contributed by atoms with E-state index in [0.29, 0.717) is 20.1 Å². The van der Waals surface area contributed by atoms with E-state index in [0.717, 1.165) is 5.56 Å². The number of hydrogen-bond donors (Lipinski definition) is 0. The number of carbonyl (C=O) groups is 1. The number of rotatable bonds is 3. The molecular formula is C14H9BrCl2O. The molecule has 92 valence electrons. The lowest BCUT2D eigenvalue weighted by molar-refractivity contribution is 0.0992. The first kappa shape index (κ1) is 13.6. The predicted octanol–water partition coefficient (Wildman–Crippen LogP) is 5.18. The Balaban J connectivity index is 2.25. The average Bonchev–Trinajstić information content (AvgIpc) is 2.32. The highest BCUT2D eigenvalue weighted by Crippen LogP contribution is 2.24. The van der Waals surface area contributed by atoms with Gasteiger partial charge in [-0.1, -0.05) is 41.4 Å². The fraction of sp³-hybridized carbons (Fsp3) is 0.0714. The Morgan fingerprint density at radius 2 is 1.83 bits per heavy atom. The Bertz CT molecular complexity index is 596. The van der Waals surface area contributed by atoms with E-state index in [1.807, 2.05) is 18.2 Å². The lowest BCUT2D eigenvalue weighted by Gasteiger charge is -2.06. The van der Waals surface area contributed by atoms with Gasteiger partial charge in [-0.15, -0.1) is 0 Å². The van der Waals surface area contributed by atoms with Gasteiger partial charge in [-0.2, -0.15) is 0 Å². The zero-order chi connectivity index (χ0) is 13.1. The summed E-state index contributed by atoms with van der Waals surface area (Å²) in [7, 11) is 0. The molecule has 0 aliphatic rings. The third-order valence-corrected chi connectivity index (χ3v) is 3.80. The lowest BCUT2D eigenvalue weighted by Crippen LogP contribution is -2.04. The van der Waals surface area contributed by atoms with Gasteiger partial charge in [0.2, 0.25) is 0 Å². The summed E-state index contributed by atoms with van der Waals surface area (Å²) in [6, 6.07) is 12.5. The van der Waals surface area contributed by atoms with Crippen molar-refractivity contribution in [2.75, 3.05) is 0 Å². The van der Waals surface area contributed by atoms with Crippen LogP contribution in [0.4, 0.5) is 0 Å². The number of ketones is 1. The Labute approximate surface area is 124 Å². The maximum absolute atomic E-state index is 12.2. The fourth-order valence-corrected chi connectivity index (χ4v) is 2.73. The van der Waals surface area contributed by atoms with E-state index in [9.17, 15) is 4.79 Å². The molecule has 0 unspecified atom stereocenters. The number of carbonyl (C=O) groups excluding carboxylic acids is 1. The van der Waals surface area contributed by atoms with Crippen molar-refractivity contribution in [3.05, 3.63) is 68.1 Å². The summed E-state index contributed by atoms with van der Waals surface area (Å²) in [6.45, 7) is 0. The molecule has 0 aliphatic heterocycles. The predicted molar refractivity (Wildman–Crippen MR) is 78.6 cm³/mol. The fourth-order valence-electron chi connectivity index (χ4n) is 1.63. The second-order valence-corrected chi connectivity index (χ2v) is 5.51. The van der Waals surface area contributed by atoms with Gasteiger partial charge in [-0.05, 0) is 45.8 Å². The van der Waals surface area contributed by atoms with Crippen LogP contribution in [-0.2, 0) is 6.42 Å². The summed E-state index contributed by atoms with van der Waals surface area (Å²) in [5, 5.41) is 1.20. The van der Waals surface area contributed by atoms with Crippen LogP contribution in [-0.4, -0.2) is 5.78 Å². The molecule has 0 saturated carbocycles. The molecule has 0 N–H and O–H groups in total. The van der Waals surface area contributed by atoms with E-state index in [1.54, 1.807) is 24.3 Å². The topological polar surface area (TPSA) is 17.1 Å². The van der Waals surface area contributed by atoms with E-state index in [4.69, 9.17) is 23.2 Å². The minimum absolute atomic E-state index is 0.00615. The van der Waals surface area contributed by atoms with Gasteiger partial charge in [0.25, 0.3) is 0 Å². The highest BCUT2D eigenvalue weighted by atomic mass is 79.9. The van der Waals surface area contributed by atoms with Crippen LogP contribution >= 0.6 is 39.1 Å². The lowest BCUT2D eigenvalue weighted by atomic mass is 10.0. The summed E-state index contributed by atoms with van der Waals surface area (Å²) in [5.41, 5.74) is 1.44. The Morgan fingerprint density at radius 1 is 1.11 bits per heavy atom. The molecule has 0 bridgehead atoms. The molecule has 2 aromatic carbocycles. The Morgan fingerprint density at radius 3 is 2.50 bits per heavy atom. The van der Waals surface area contributed by atoms with Gasteiger partial charge in [-0.25, -0.2) is 0 Å². The second-order valence-electron chi connectivity index (χ2n) is 3.82. The summed E-state index contributed by atoms with van der Waals surface area (Å²) in [5.74, 6) is 0.00615. The molecular weight excluding hydrogens is 335 g/mol. The first-order valence-corrected chi connectivity index (χ1v) is 6.84. The zero-order valence-electron chi connectivity index (χ0n) is 9.29. The van der Waals surface area contributed by atoms with E-state index < -0.39 is 0 Å². The SMILES string of the molecule is O=C(Cc1ccccc1Cl)c1ccc(Cl)cc1Br. The molecule has 0 saturated heterocycles. The minimum atomic E-state index is 0.00615. The van der Waals surface area contributed by atoms with Gasteiger partial charge in [-0.3, -0.25) is 4.79 Å². The van der Waals surface area contributed by atoms with Crippen LogP contribution in [0.3, 0.4) is 0 Å².